The molecule has 2 atom stereocenters. The molecule has 0 aliphatic heterocycles. The highest BCUT2D eigenvalue weighted by Crippen LogP contribution is 2.38. The van der Waals surface area contributed by atoms with Crippen molar-refractivity contribution in [3.63, 3.8) is 0 Å². The minimum atomic E-state index is -0.169. The standard InChI is InChI=1S/C7H8O2/c1-3-5-4-6(5)7(8)9-2/h1,5-6H,4H2,2H3/t5?,6-/m0/s1. The third-order valence-electron chi connectivity index (χ3n) is 1.51. The smallest absolute Gasteiger partial charge is 0.309 e. The largest absolute Gasteiger partial charge is 0.469 e. The molecule has 2 heteroatoms. The van der Waals surface area contributed by atoms with Gasteiger partial charge in [0.05, 0.1) is 13.0 Å². The highest BCUT2D eigenvalue weighted by Gasteiger charge is 2.42. The van der Waals surface area contributed by atoms with Gasteiger partial charge in [0.15, 0.2) is 0 Å². The average molecular weight is 124 g/mol. The van der Waals surface area contributed by atoms with E-state index in [-0.39, 0.29) is 17.8 Å². The second-order valence-corrected chi connectivity index (χ2v) is 2.14. The molecule has 1 rings (SSSR count). The van der Waals surface area contributed by atoms with Crippen molar-refractivity contribution < 1.29 is 9.53 Å². The first-order valence-corrected chi connectivity index (χ1v) is 2.83. The molecule has 0 amide bonds. The summed E-state index contributed by atoms with van der Waals surface area (Å²) in [5.74, 6) is 2.49. The van der Waals surface area contributed by atoms with Gasteiger partial charge in [0.25, 0.3) is 0 Å². The molecule has 0 heterocycles. The lowest BCUT2D eigenvalue weighted by Gasteiger charge is -1.91. The minimum Gasteiger partial charge on any atom is -0.469 e. The van der Waals surface area contributed by atoms with Gasteiger partial charge in [-0.2, -0.15) is 0 Å². The van der Waals surface area contributed by atoms with Gasteiger partial charge in [0.1, 0.15) is 0 Å². The fourth-order valence-corrected chi connectivity index (χ4v) is 0.791. The van der Waals surface area contributed by atoms with E-state index < -0.39 is 0 Å². The van der Waals surface area contributed by atoms with Gasteiger partial charge in [-0.15, -0.1) is 12.3 Å². The summed E-state index contributed by atoms with van der Waals surface area (Å²) in [6, 6.07) is 0. The van der Waals surface area contributed by atoms with Crippen molar-refractivity contribution in [2.45, 2.75) is 6.42 Å². The summed E-state index contributed by atoms with van der Waals surface area (Å²) in [5, 5.41) is 0. The molecule has 1 fully saturated rings. The highest BCUT2D eigenvalue weighted by molar-refractivity contribution is 5.76. The molecule has 1 unspecified atom stereocenters. The summed E-state index contributed by atoms with van der Waals surface area (Å²) in [6.45, 7) is 0. The van der Waals surface area contributed by atoms with Gasteiger partial charge in [-0.1, -0.05) is 0 Å². The Kier molecular flexibility index (Phi) is 1.44. The Morgan fingerprint density at radius 2 is 2.56 bits per heavy atom. The molecule has 0 aromatic carbocycles. The first kappa shape index (κ1) is 6.15. The van der Waals surface area contributed by atoms with Crippen LogP contribution in [-0.2, 0) is 9.53 Å². The predicted octanol–water partition coefficient (Wildman–Crippen LogP) is 0.429. The molecule has 9 heavy (non-hydrogen) atoms. The van der Waals surface area contributed by atoms with Gasteiger partial charge in [-0.05, 0) is 6.42 Å². The monoisotopic (exact) mass is 124 g/mol. The molecule has 0 aromatic rings. The molecule has 0 aromatic heterocycles. The minimum absolute atomic E-state index is 0.000000000000000222. The highest BCUT2D eigenvalue weighted by atomic mass is 16.5. The summed E-state index contributed by atoms with van der Waals surface area (Å²) in [7, 11) is 1.38. The predicted molar refractivity (Wildman–Crippen MR) is 32.4 cm³/mol. The Balaban J connectivity index is 2.36. The molecule has 1 aliphatic carbocycles. The van der Waals surface area contributed by atoms with Crippen molar-refractivity contribution in [3.05, 3.63) is 0 Å². The zero-order valence-corrected chi connectivity index (χ0v) is 5.26. The zero-order chi connectivity index (χ0) is 6.85. The Morgan fingerprint density at radius 1 is 1.89 bits per heavy atom. The lowest BCUT2D eigenvalue weighted by Crippen LogP contribution is -2.03. The van der Waals surface area contributed by atoms with Crippen molar-refractivity contribution >= 4 is 5.97 Å². The molecular weight excluding hydrogens is 116 g/mol. The van der Waals surface area contributed by atoms with Crippen LogP contribution in [-0.4, -0.2) is 13.1 Å². The van der Waals surface area contributed by atoms with E-state index in [9.17, 15) is 4.79 Å². The average Bonchev–Trinajstić information content (AvgIpc) is 2.64. The van der Waals surface area contributed by atoms with Crippen LogP contribution in [0.2, 0.25) is 0 Å². The van der Waals surface area contributed by atoms with Crippen molar-refractivity contribution in [1.82, 2.24) is 0 Å². The Labute approximate surface area is 54.2 Å². The number of carbonyl (C=O) groups excluding carboxylic acids is 1. The van der Waals surface area contributed by atoms with E-state index in [2.05, 4.69) is 10.7 Å². The first-order valence-electron chi connectivity index (χ1n) is 2.83. The number of hydrogen-bond acceptors (Lipinski definition) is 2. The maximum Gasteiger partial charge on any atom is 0.309 e. The third-order valence-corrected chi connectivity index (χ3v) is 1.51. The number of esters is 1. The van der Waals surface area contributed by atoms with E-state index in [1.165, 1.54) is 7.11 Å². The van der Waals surface area contributed by atoms with Gasteiger partial charge in [0, 0.05) is 5.92 Å². The van der Waals surface area contributed by atoms with E-state index in [1.807, 2.05) is 0 Å². The summed E-state index contributed by atoms with van der Waals surface area (Å²) in [5.41, 5.74) is 0. The zero-order valence-electron chi connectivity index (χ0n) is 5.26. The maximum absolute atomic E-state index is 10.6. The topological polar surface area (TPSA) is 26.3 Å². The van der Waals surface area contributed by atoms with Crippen LogP contribution in [0, 0.1) is 24.2 Å². The van der Waals surface area contributed by atoms with Gasteiger partial charge >= 0.3 is 5.97 Å². The second-order valence-electron chi connectivity index (χ2n) is 2.14. The summed E-state index contributed by atoms with van der Waals surface area (Å²) in [6.07, 6.45) is 5.87. The molecular formula is C7H8O2. The lowest BCUT2D eigenvalue weighted by atomic mass is 10.3. The van der Waals surface area contributed by atoms with Crippen molar-refractivity contribution in [2.75, 3.05) is 7.11 Å². The Hall–Kier alpha value is -0.970. The Morgan fingerprint density at radius 3 is 2.89 bits per heavy atom. The number of carbonyl (C=O) groups is 1. The Bertz CT molecular complexity index is 166. The molecule has 1 saturated carbocycles. The van der Waals surface area contributed by atoms with Gasteiger partial charge < -0.3 is 4.74 Å². The van der Waals surface area contributed by atoms with Gasteiger partial charge in [-0.3, -0.25) is 4.79 Å². The first-order chi connectivity index (χ1) is 4.29. The van der Waals surface area contributed by atoms with Crippen LogP contribution in [0.1, 0.15) is 6.42 Å². The van der Waals surface area contributed by atoms with Crippen LogP contribution < -0.4 is 0 Å². The van der Waals surface area contributed by atoms with E-state index in [0.717, 1.165) is 6.42 Å². The quantitative estimate of drug-likeness (QED) is 0.374. The number of rotatable bonds is 1. The molecule has 0 saturated heterocycles. The van der Waals surface area contributed by atoms with E-state index in [1.54, 1.807) is 0 Å². The van der Waals surface area contributed by atoms with Crippen LogP contribution in [0.5, 0.6) is 0 Å². The number of terminal acetylenes is 1. The number of ether oxygens (including phenoxy) is 1. The summed E-state index contributed by atoms with van der Waals surface area (Å²) >= 11 is 0. The van der Waals surface area contributed by atoms with E-state index in [0.29, 0.717) is 0 Å². The van der Waals surface area contributed by atoms with Crippen molar-refractivity contribution in [1.29, 1.82) is 0 Å². The van der Waals surface area contributed by atoms with E-state index in [4.69, 9.17) is 6.42 Å². The van der Waals surface area contributed by atoms with E-state index >= 15 is 0 Å². The molecule has 0 radical (unpaired) electrons. The summed E-state index contributed by atoms with van der Waals surface area (Å²) in [4.78, 5) is 10.6. The molecule has 0 spiro atoms. The van der Waals surface area contributed by atoms with Crippen LogP contribution >= 0.6 is 0 Å². The fourth-order valence-electron chi connectivity index (χ4n) is 0.791. The maximum atomic E-state index is 10.6. The van der Waals surface area contributed by atoms with Crippen LogP contribution in [0.15, 0.2) is 0 Å². The van der Waals surface area contributed by atoms with Gasteiger partial charge in [-0.25, -0.2) is 0 Å². The molecule has 48 valence electrons. The van der Waals surface area contributed by atoms with Crippen LogP contribution in [0.3, 0.4) is 0 Å². The van der Waals surface area contributed by atoms with Crippen LogP contribution in [0.4, 0.5) is 0 Å². The second kappa shape index (κ2) is 2.10. The fraction of sp³-hybridized carbons (Fsp3) is 0.571. The normalized spacial score (nSPS) is 30.7. The lowest BCUT2D eigenvalue weighted by molar-refractivity contribution is -0.142. The molecule has 0 N–H and O–H groups in total. The van der Waals surface area contributed by atoms with Crippen molar-refractivity contribution in [3.8, 4) is 12.3 Å². The van der Waals surface area contributed by atoms with Gasteiger partial charge in [0.2, 0.25) is 0 Å². The number of hydrogen-bond donors (Lipinski definition) is 0. The third kappa shape index (κ3) is 1.05. The molecule has 1 aliphatic rings. The van der Waals surface area contributed by atoms with Crippen molar-refractivity contribution in [2.24, 2.45) is 11.8 Å². The SMILES string of the molecule is C#CC1C[C@@H]1C(=O)OC. The number of methoxy groups -OCH3 is 1. The molecule has 0 bridgehead atoms. The van der Waals surface area contributed by atoms with Crippen LogP contribution in [0.25, 0.3) is 0 Å². The molecule has 2 nitrogen and oxygen atoms in total. The summed E-state index contributed by atoms with van der Waals surface area (Å²) < 4.78 is 4.47.